The standard InChI is InChI=1S/C46H51NO16/c1-7-57-42(55)61-35-32-24(2)29(60-41(54)34(50)33(28-19-14-20-58-28)47-39(52)26-15-10-8-11-16-26)22-46(56,43(32,4)5)38(62-40(53)27-17-12-9-13-18-27)36-44(6,37(35)51)30(49)21-31-45(36,23-59-31)63-25(3)48/h8-20,29-31,33-36,38,49-50,56H,7,21-23H2,1-6H3,(H,47,52)/t29-,30-,31+,33-,34+,35+,36?,38?,44+,45-,46+/m0/s1. The average Bonchev–Trinajstić information content (AvgIpc) is 3.79. The Morgan fingerprint density at radius 2 is 1.57 bits per heavy atom. The van der Waals surface area contributed by atoms with Crippen LogP contribution in [-0.4, -0.2) is 112 Å². The zero-order valence-corrected chi connectivity index (χ0v) is 35.6. The van der Waals surface area contributed by atoms with Gasteiger partial charge in [0.15, 0.2) is 23.6 Å². The van der Waals surface area contributed by atoms with Gasteiger partial charge in [0, 0.05) is 30.7 Å². The Bertz CT molecular complexity index is 2280. The van der Waals surface area contributed by atoms with Crippen LogP contribution in [0.2, 0.25) is 0 Å². The van der Waals surface area contributed by atoms with Gasteiger partial charge in [-0.25, -0.2) is 14.4 Å². The van der Waals surface area contributed by atoms with Crippen molar-refractivity contribution >= 4 is 35.8 Å². The third-order valence-electron chi connectivity index (χ3n) is 13.4. The summed E-state index contributed by atoms with van der Waals surface area (Å²) < 4.78 is 40.9. The Hall–Kier alpha value is -5.88. The molecule has 2 heterocycles. The third kappa shape index (κ3) is 7.59. The predicted octanol–water partition coefficient (Wildman–Crippen LogP) is 3.94. The van der Waals surface area contributed by atoms with E-state index < -0.39 is 113 Å². The van der Waals surface area contributed by atoms with Gasteiger partial charge in [0.25, 0.3) is 5.91 Å². The van der Waals surface area contributed by atoms with Crippen LogP contribution in [0.15, 0.2) is 94.6 Å². The highest BCUT2D eigenvalue weighted by molar-refractivity contribution is 5.96. The van der Waals surface area contributed by atoms with E-state index in [0.29, 0.717) is 0 Å². The molecule has 4 N–H and O–H groups in total. The number of ether oxygens (including phenoxy) is 6. The highest BCUT2D eigenvalue weighted by Gasteiger charge is 2.78. The fraction of sp³-hybridized carbons (Fsp3) is 0.478. The van der Waals surface area contributed by atoms with E-state index in [9.17, 15) is 39.3 Å². The zero-order valence-electron chi connectivity index (χ0n) is 35.6. The summed E-state index contributed by atoms with van der Waals surface area (Å²) in [6.07, 6.45) is -11.0. The number of aliphatic hydroxyl groups excluding tert-OH is 2. The molecule has 0 spiro atoms. The fourth-order valence-corrected chi connectivity index (χ4v) is 10.0. The van der Waals surface area contributed by atoms with Crippen molar-refractivity contribution in [3.63, 3.8) is 0 Å². The summed E-state index contributed by atoms with van der Waals surface area (Å²) in [7, 11) is 0. The Morgan fingerprint density at radius 1 is 0.921 bits per heavy atom. The molecule has 11 atom stereocenters. The number of ketones is 1. The minimum atomic E-state index is -2.45. The average molecular weight is 874 g/mol. The van der Waals surface area contributed by atoms with E-state index in [2.05, 4.69) is 5.32 Å². The first-order valence-corrected chi connectivity index (χ1v) is 20.7. The Morgan fingerprint density at radius 3 is 2.14 bits per heavy atom. The van der Waals surface area contributed by atoms with Crippen LogP contribution in [0, 0.1) is 16.7 Å². The van der Waals surface area contributed by atoms with E-state index in [1.807, 2.05) is 0 Å². The number of carbonyl (C=O) groups excluding carboxylic acids is 6. The molecule has 1 saturated heterocycles. The number of furan rings is 1. The second-order valence-electron chi connectivity index (χ2n) is 17.2. The van der Waals surface area contributed by atoms with Crippen LogP contribution in [0.1, 0.15) is 86.9 Å². The highest BCUT2D eigenvalue weighted by atomic mass is 16.7. The highest BCUT2D eigenvalue weighted by Crippen LogP contribution is 2.64. The van der Waals surface area contributed by atoms with Gasteiger partial charge in [-0.1, -0.05) is 50.2 Å². The number of Topliss-reactive ketones (excluding diaryl/α,β-unsaturated/α-hetero) is 1. The van der Waals surface area contributed by atoms with Crippen molar-refractivity contribution in [3.05, 3.63) is 107 Å². The molecular formula is C46H51NO16. The van der Waals surface area contributed by atoms with E-state index in [1.165, 1.54) is 77.3 Å². The molecule has 1 aliphatic heterocycles. The van der Waals surface area contributed by atoms with Gasteiger partial charge in [0.2, 0.25) is 0 Å². The predicted molar refractivity (Wildman–Crippen MR) is 216 cm³/mol. The molecule has 4 aliphatic rings. The summed E-state index contributed by atoms with van der Waals surface area (Å²) in [5, 5.41) is 40.1. The number of hydrogen-bond acceptors (Lipinski definition) is 16. The summed E-state index contributed by atoms with van der Waals surface area (Å²) in [5.41, 5.74) is -7.82. The molecule has 2 saturated carbocycles. The lowest BCUT2D eigenvalue weighted by Crippen LogP contribution is -2.82. The van der Waals surface area contributed by atoms with Crippen molar-refractivity contribution in [1.82, 2.24) is 5.32 Å². The van der Waals surface area contributed by atoms with Gasteiger partial charge >= 0.3 is 24.1 Å². The summed E-state index contributed by atoms with van der Waals surface area (Å²) in [5.74, 6) is -6.26. The Labute approximate surface area is 362 Å². The van der Waals surface area contributed by atoms with Crippen LogP contribution in [0.25, 0.3) is 0 Å². The third-order valence-corrected chi connectivity index (χ3v) is 13.4. The maximum Gasteiger partial charge on any atom is 0.509 e. The van der Waals surface area contributed by atoms with Crippen molar-refractivity contribution in [2.45, 2.75) is 108 Å². The molecule has 2 unspecified atom stereocenters. The summed E-state index contributed by atoms with van der Waals surface area (Å²) in [6.45, 7) is 8.06. The van der Waals surface area contributed by atoms with Crippen LogP contribution in [0.5, 0.6) is 0 Å². The molecule has 3 fully saturated rings. The lowest BCUT2D eigenvalue weighted by Gasteiger charge is -2.67. The first-order valence-electron chi connectivity index (χ1n) is 20.7. The van der Waals surface area contributed by atoms with Crippen molar-refractivity contribution in [3.8, 4) is 0 Å². The molecule has 17 nitrogen and oxygen atoms in total. The molecule has 2 aromatic carbocycles. The second-order valence-corrected chi connectivity index (χ2v) is 17.2. The van der Waals surface area contributed by atoms with E-state index in [-0.39, 0.29) is 47.7 Å². The molecule has 0 radical (unpaired) electrons. The monoisotopic (exact) mass is 873 g/mol. The van der Waals surface area contributed by atoms with Gasteiger partial charge in [-0.3, -0.25) is 14.4 Å². The minimum absolute atomic E-state index is 0.00283. The number of benzene rings is 2. The Balaban J connectivity index is 1.40. The molecule has 1 amide bonds. The van der Waals surface area contributed by atoms with Gasteiger partial charge in [0.1, 0.15) is 35.7 Å². The summed E-state index contributed by atoms with van der Waals surface area (Å²) >= 11 is 0. The number of fused-ring (bicyclic) bond motifs is 5. The lowest BCUT2D eigenvalue weighted by atomic mass is 9.44. The van der Waals surface area contributed by atoms with E-state index in [4.69, 9.17) is 32.8 Å². The summed E-state index contributed by atoms with van der Waals surface area (Å²) in [4.78, 5) is 83.8. The van der Waals surface area contributed by atoms with Gasteiger partial charge in [-0.2, -0.15) is 0 Å². The van der Waals surface area contributed by atoms with Gasteiger partial charge in [-0.05, 0) is 68.3 Å². The smallest absolute Gasteiger partial charge is 0.467 e. The normalized spacial score (nSPS) is 31.5. The van der Waals surface area contributed by atoms with Crippen molar-refractivity contribution in [1.29, 1.82) is 0 Å². The molecule has 63 heavy (non-hydrogen) atoms. The lowest BCUT2D eigenvalue weighted by molar-refractivity contribution is -0.346. The summed E-state index contributed by atoms with van der Waals surface area (Å²) in [6, 6.07) is 17.2. The van der Waals surface area contributed by atoms with Crippen LogP contribution >= 0.6 is 0 Å². The second kappa shape index (κ2) is 17.0. The molecule has 17 heteroatoms. The maximum absolute atomic E-state index is 15.6. The Kier molecular flexibility index (Phi) is 12.2. The zero-order chi connectivity index (χ0) is 45.6. The number of aliphatic hydroxyl groups is 3. The van der Waals surface area contributed by atoms with Crippen LogP contribution in [-0.2, 0) is 42.8 Å². The molecule has 3 aliphatic carbocycles. The topological polar surface area (TPSA) is 244 Å². The molecule has 3 aromatic rings. The number of rotatable bonds is 11. The molecule has 336 valence electrons. The SMILES string of the molecule is CCOC(=O)O[C@H]1C(=O)[C@@]2(C)C(C(OC(=O)c3ccccc3)[C@]3(O)C[C@H](OC(=O)[C@H](O)[C@@H](NC(=O)c4ccccc4)c4ccco4)C(C)=C1C3(C)C)[C@]1(OC(C)=O)CO[C@@H]1C[C@@H]2O. The van der Waals surface area contributed by atoms with Gasteiger partial charge < -0.3 is 53.5 Å². The van der Waals surface area contributed by atoms with E-state index >= 15 is 4.79 Å². The van der Waals surface area contributed by atoms with Crippen molar-refractivity contribution < 1.29 is 76.9 Å². The van der Waals surface area contributed by atoms with E-state index in [0.717, 1.165) is 6.92 Å². The van der Waals surface area contributed by atoms with Crippen LogP contribution < -0.4 is 5.32 Å². The molecule has 1 aromatic heterocycles. The molecule has 2 bridgehead atoms. The number of esters is 3. The first-order chi connectivity index (χ1) is 29.8. The molecule has 7 rings (SSSR count). The number of carbonyl (C=O) groups is 6. The number of hydrogen-bond donors (Lipinski definition) is 4. The van der Waals surface area contributed by atoms with E-state index in [1.54, 1.807) is 36.4 Å². The largest absolute Gasteiger partial charge is 0.509 e. The quantitative estimate of drug-likeness (QED) is 0.121. The molecular weight excluding hydrogens is 822 g/mol. The maximum atomic E-state index is 15.6. The van der Waals surface area contributed by atoms with Crippen LogP contribution in [0.3, 0.4) is 0 Å². The minimum Gasteiger partial charge on any atom is -0.467 e. The number of nitrogens with one attached hydrogen (secondary N) is 1. The van der Waals surface area contributed by atoms with Crippen molar-refractivity contribution in [2.24, 2.45) is 16.7 Å². The van der Waals surface area contributed by atoms with Crippen molar-refractivity contribution in [2.75, 3.05) is 13.2 Å². The number of amides is 1. The first kappa shape index (κ1) is 45.2. The van der Waals surface area contributed by atoms with Gasteiger partial charge in [-0.15, -0.1) is 0 Å². The fourth-order valence-electron chi connectivity index (χ4n) is 10.0. The van der Waals surface area contributed by atoms with Gasteiger partial charge in [0.05, 0.1) is 42.5 Å². The van der Waals surface area contributed by atoms with Crippen LogP contribution in [0.4, 0.5) is 4.79 Å².